The molecule has 5 nitrogen and oxygen atoms in total. The molecule has 2 atom stereocenters. The number of nitrogens with zero attached hydrogens (tertiary/aromatic N) is 2. The lowest BCUT2D eigenvalue weighted by Crippen LogP contribution is -2.36. The number of rotatable bonds is 5. The number of nitriles is 1. The predicted octanol–water partition coefficient (Wildman–Crippen LogP) is 4.06. The zero-order chi connectivity index (χ0) is 24.5. The van der Waals surface area contributed by atoms with Crippen molar-refractivity contribution in [3.63, 3.8) is 0 Å². The molecule has 1 fully saturated rings. The lowest BCUT2D eigenvalue weighted by atomic mass is 9.82. The van der Waals surface area contributed by atoms with E-state index in [1.807, 2.05) is 47.4 Å². The van der Waals surface area contributed by atoms with Crippen molar-refractivity contribution in [2.24, 2.45) is 11.7 Å². The van der Waals surface area contributed by atoms with Crippen molar-refractivity contribution < 1.29 is 14.3 Å². The quantitative estimate of drug-likeness (QED) is 0.706. The molecule has 2 aliphatic rings. The van der Waals surface area contributed by atoms with E-state index in [2.05, 4.69) is 0 Å². The molecule has 3 N–H and O–H groups in total. The van der Waals surface area contributed by atoms with Crippen LogP contribution in [0.3, 0.4) is 0 Å². The van der Waals surface area contributed by atoms with E-state index in [1.165, 1.54) is 12.1 Å². The minimum absolute atomic E-state index is 0.00750. The van der Waals surface area contributed by atoms with Crippen LogP contribution in [0.4, 0.5) is 4.39 Å². The topological polar surface area (TPSA) is 90.3 Å². The number of allylic oxidation sites excluding steroid dienone is 3. The zero-order valence-electron chi connectivity index (χ0n) is 19.6. The highest BCUT2D eigenvalue weighted by atomic mass is 19.1. The third kappa shape index (κ3) is 5.27. The second kappa shape index (κ2) is 9.54. The summed E-state index contributed by atoms with van der Waals surface area (Å²) >= 11 is 0. The van der Waals surface area contributed by atoms with Gasteiger partial charge in [0.2, 0.25) is 5.91 Å². The average Bonchev–Trinajstić information content (AvgIpc) is 3.24. The van der Waals surface area contributed by atoms with Crippen molar-refractivity contribution >= 4 is 17.1 Å². The zero-order valence-corrected chi connectivity index (χ0v) is 19.6. The third-order valence-corrected chi connectivity index (χ3v) is 6.44. The Morgan fingerprint density at radius 2 is 1.94 bits per heavy atom. The lowest BCUT2D eigenvalue weighted by molar-refractivity contribution is -0.132. The van der Waals surface area contributed by atoms with Gasteiger partial charge in [0, 0.05) is 25.6 Å². The molecular weight excluding hydrogens is 429 g/mol. The molecule has 4 rings (SSSR count). The number of carbonyl (C=O) groups excluding carboxylic acids is 1. The van der Waals surface area contributed by atoms with Crippen LogP contribution in [0, 0.1) is 23.1 Å². The second-order valence-corrected chi connectivity index (χ2v) is 9.89. The summed E-state index contributed by atoms with van der Waals surface area (Å²) in [6, 6.07) is 14.4. The fraction of sp³-hybridized carbons (Fsp3) is 0.357. The molecule has 1 aliphatic heterocycles. The molecular formula is C28H30FN3O2. The molecule has 34 heavy (non-hydrogen) atoms. The van der Waals surface area contributed by atoms with E-state index in [-0.39, 0.29) is 23.4 Å². The number of aliphatic hydroxyl groups is 1. The molecule has 2 aromatic rings. The van der Waals surface area contributed by atoms with Gasteiger partial charge in [-0.15, -0.1) is 0 Å². The maximum absolute atomic E-state index is 14.5. The highest BCUT2D eigenvalue weighted by molar-refractivity contribution is 5.99. The monoisotopic (exact) mass is 459 g/mol. The number of amides is 1. The van der Waals surface area contributed by atoms with Crippen LogP contribution >= 0.6 is 0 Å². The Labute approximate surface area is 200 Å². The van der Waals surface area contributed by atoms with Gasteiger partial charge in [-0.25, -0.2) is 4.39 Å². The Balaban J connectivity index is 1.70. The van der Waals surface area contributed by atoms with Crippen LogP contribution in [-0.2, 0) is 11.2 Å². The number of benzene rings is 2. The summed E-state index contributed by atoms with van der Waals surface area (Å²) in [4.78, 5) is 15.0. The minimum atomic E-state index is -0.803. The maximum Gasteiger partial charge on any atom is 0.229 e. The van der Waals surface area contributed by atoms with Crippen LogP contribution in [0.15, 0.2) is 54.6 Å². The summed E-state index contributed by atoms with van der Waals surface area (Å²) in [6.45, 7) is 4.76. The second-order valence-electron chi connectivity index (χ2n) is 9.89. The SMILES string of the molecule is CC(C)(O)Cc1ccc(C2=C(c3ccc(C#N)c(F)c3)CC(C(=O)N3CC[C@H](N)C3)C=C2)cc1. The first-order valence-corrected chi connectivity index (χ1v) is 11.6. The van der Waals surface area contributed by atoms with Gasteiger partial charge in [0.15, 0.2) is 0 Å². The summed E-state index contributed by atoms with van der Waals surface area (Å²) in [7, 11) is 0. The molecule has 1 saturated heterocycles. The molecule has 2 aromatic carbocycles. The Morgan fingerprint density at radius 3 is 2.53 bits per heavy atom. The number of carbonyl (C=O) groups is 1. The fourth-order valence-electron chi connectivity index (χ4n) is 4.74. The summed E-state index contributed by atoms with van der Waals surface area (Å²) < 4.78 is 14.5. The molecule has 0 spiro atoms. The maximum atomic E-state index is 14.5. The standard InChI is InChI=1S/C28H30FN3O2/c1-28(2,34)15-18-3-5-19(6-4-18)24-10-9-21(27(33)32-12-11-23(31)17-32)13-25(24)20-7-8-22(16-30)26(29)14-20/h3-10,14,21,23,34H,11-13,15,17,31H2,1-2H3/t21?,23-/m0/s1. The molecule has 176 valence electrons. The van der Waals surface area contributed by atoms with Gasteiger partial charge in [0.05, 0.1) is 17.1 Å². The number of hydrogen-bond acceptors (Lipinski definition) is 4. The van der Waals surface area contributed by atoms with E-state index in [0.29, 0.717) is 31.5 Å². The molecule has 6 heteroatoms. The van der Waals surface area contributed by atoms with Crippen molar-refractivity contribution in [3.05, 3.63) is 82.7 Å². The Kier molecular flexibility index (Phi) is 6.70. The molecule has 1 unspecified atom stereocenters. The fourth-order valence-corrected chi connectivity index (χ4v) is 4.74. The van der Waals surface area contributed by atoms with E-state index in [1.54, 1.807) is 19.9 Å². The number of hydrogen-bond donors (Lipinski definition) is 2. The van der Waals surface area contributed by atoms with Gasteiger partial charge in [0.25, 0.3) is 0 Å². The number of likely N-dealkylation sites (tertiary alicyclic amines) is 1. The van der Waals surface area contributed by atoms with Crippen LogP contribution in [-0.4, -0.2) is 40.6 Å². The van der Waals surface area contributed by atoms with Crippen molar-refractivity contribution in [1.82, 2.24) is 4.90 Å². The molecule has 1 aliphatic carbocycles. The summed E-state index contributed by atoms with van der Waals surface area (Å²) in [5.41, 5.74) is 9.59. The van der Waals surface area contributed by atoms with Gasteiger partial charge in [-0.05, 0) is 66.7 Å². The Bertz CT molecular complexity index is 1190. The number of nitrogens with two attached hydrogens (primary N) is 1. The van der Waals surface area contributed by atoms with Gasteiger partial charge < -0.3 is 15.7 Å². The summed E-state index contributed by atoms with van der Waals surface area (Å²) in [5.74, 6) is -0.886. The summed E-state index contributed by atoms with van der Waals surface area (Å²) in [6.07, 6.45) is 5.64. The van der Waals surface area contributed by atoms with Crippen molar-refractivity contribution in [3.8, 4) is 6.07 Å². The predicted molar refractivity (Wildman–Crippen MR) is 131 cm³/mol. The van der Waals surface area contributed by atoms with Gasteiger partial charge >= 0.3 is 0 Å². The van der Waals surface area contributed by atoms with Gasteiger partial charge in [-0.1, -0.05) is 42.5 Å². The third-order valence-electron chi connectivity index (χ3n) is 6.44. The largest absolute Gasteiger partial charge is 0.390 e. The van der Waals surface area contributed by atoms with Crippen LogP contribution < -0.4 is 5.73 Å². The van der Waals surface area contributed by atoms with E-state index in [0.717, 1.165) is 28.7 Å². The van der Waals surface area contributed by atoms with Gasteiger partial charge in [0.1, 0.15) is 11.9 Å². The normalized spacial score (nSPS) is 20.5. The van der Waals surface area contributed by atoms with Crippen LogP contribution in [0.25, 0.3) is 11.1 Å². The molecule has 0 aromatic heterocycles. The Morgan fingerprint density at radius 1 is 1.24 bits per heavy atom. The van der Waals surface area contributed by atoms with Crippen molar-refractivity contribution in [1.29, 1.82) is 5.26 Å². The lowest BCUT2D eigenvalue weighted by Gasteiger charge is -2.27. The smallest absolute Gasteiger partial charge is 0.229 e. The van der Waals surface area contributed by atoms with Gasteiger partial charge in [-0.3, -0.25) is 4.79 Å². The first kappa shape index (κ1) is 23.9. The molecule has 1 heterocycles. The minimum Gasteiger partial charge on any atom is -0.390 e. The first-order chi connectivity index (χ1) is 16.1. The molecule has 0 saturated carbocycles. The Hall–Kier alpha value is -3.27. The van der Waals surface area contributed by atoms with Crippen LogP contribution in [0.1, 0.15) is 48.9 Å². The van der Waals surface area contributed by atoms with Gasteiger partial charge in [-0.2, -0.15) is 5.26 Å². The molecule has 0 bridgehead atoms. The van der Waals surface area contributed by atoms with E-state index in [9.17, 15) is 14.3 Å². The highest BCUT2D eigenvalue weighted by Crippen LogP contribution is 2.38. The van der Waals surface area contributed by atoms with E-state index in [4.69, 9.17) is 11.0 Å². The average molecular weight is 460 g/mol. The van der Waals surface area contributed by atoms with Crippen LogP contribution in [0.2, 0.25) is 0 Å². The molecule has 1 amide bonds. The van der Waals surface area contributed by atoms with E-state index < -0.39 is 11.4 Å². The van der Waals surface area contributed by atoms with E-state index >= 15 is 0 Å². The number of halogens is 1. The van der Waals surface area contributed by atoms with Crippen molar-refractivity contribution in [2.45, 2.75) is 44.8 Å². The van der Waals surface area contributed by atoms with Crippen molar-refractivity contribution in [2.75, 3.05) is 13.1 Å². The molecule has 0 radical (unpaired) electrons. The first-order valence-electron chi connectivity index (χ1n) is 11.6. The highest BCUT2D eigenvalue weighted by Gasteiger charge is 2.31. The summed E-state index contributed by atoms with van der Waals surface area (Å²) in [5, 5.41) is 19.2. The van der Waals surface area contributed by atoms with Crippen LogP contribution in [0.5, 0.6) is 0 Å².